The van der Waals surface area contributed by atoms with Crippen molar-refractivity contribution < 1.29 is 19.2 Å². The maximum absolute atomic E-state index is 12.1. The van der Waals surface area contributed by atoms with Crippen molar-refractivity contribution in [1.29, 1.82) is 0 Å². The average molecular weight is 373 g/mol. The van der Waals surface area contributed by atoms with Gasteiger partial charge in [-0.3, -0.25) is 19.8 Å². The number of likely N-dealkylation sites (N-methyl/N-ethyl adjacent to an activating group) is 1. The third-order valence-corrected chi connectivity index (χ3v) is 4.01. The van der Waals surface area contributed by atoms with Crippen molar-refractivity contribution in [2.24, 2.45) is 0 Å². The standard InChI is InChI=1S/C19H23N3O5/c1-21(11-10-14-4-9-17(26-2)18(12-14)27-3)13-19(23)20-15-5-7-16(8-6-15)22(24)25/h4-9,12H,10-11,13H2,1-3H3,(H,20,23). The zero-order valence-electron chi connectivity index (χ0n) is 15.6. The molecule has 0 unspecified atom stereocenters. The van der Waals surface area contributed by atoms with Crippen molar-refractivity contribution in [2.75, 3.05) is 39.7 Å². The van der Waals surface area contributed by atoms with Crippen molar-refractivity contribution in [3.8, 4) is 11.5 Å². The minimum atomic E-state index is -0.479. The lowest BCUT2D eigenvalue weighted by Gasteiger charge is -2.17. The monoisotopic (exact) mass is 373 g/mol. The van der Waals surface area contributed by atoms with Gasteiger partial charge < -0.3 is 14.8 Å². The number of anilines is 1. The second kappa shape index (κ2) is 9.54. The van der Waals surface area contributed by atoms with Crippen LogP contribution in [0.25, 0.3) is 0 Å². The number of hydrogen-bond acceptors (Lipinski definition) is 6. The van der Waals surface area contributed by atoms with Gasteiger partial charge in [0.25, 0.3) is 5.69 Å². The first-order valence-electron chi connectivity index (χ1n) is 8.36. The van der Waals surface area contributed by atoms with Gasteiger partial charge in [-0.25, -0.2) is 0 Å². The van der Waals surface area contributed by atoms with Crippen LogP contribution in [0, 0.1) is 10.1 Å². The smallest absolute Gasteiger partial charge is 0.269 e. The maximum Gasteiger partial charge on any atom is 0.269 e. The van der Waals surface area contributed by atoms with Gasteiger partial charge in [-0.05, 0) is 43.3 Å². The van der Waals surface area contributed by atoms with E-state index in [4.69, 9.17) is 9.47 Å². The zero-order chi connectivity index (χ0) is 19.8. The van der Waals surface area contributed by atoms with Gasteiger partial charge in [0.05, 0.1) is 25.7 Å². The minimum Gasteiger partial charge on any atom is -0.493 e. The topological polar surface area (TPSA) is 93.9 Å². The van der Waals surface area contributed by atoms with Gasteiger partial charge in [-0.2, -0.15) is 0 Å². The first kappa shape index (κ1) is 20.2. The van der Waals surface area contributed by atoms with Crippen molar-refractivity contribution in [2.45, 2.75) is 6.42 Å². The Kier molecular flexibility index (Phi) is 7.13. The van der Waals surface area contributed by atoms with Crippen LogP contribution in [0.2, 0.25) is 0 Å². The van der Waals surface area contributed by atoms with E-state index in [1.165, 1.54) is 24.3 Å². The van der Waals surface area contributed by atoms with Gasteiger partial charge >= 0.3 is 0 Å². The summed E-state index contributed by atoms with van der Waals surface area (Å²) < 4.78 is 10.5. The molecule has 0 saturated carbocycles. The molecule has 0 aliphatic carbocycles. The Bertz CT molecular complexity index is 792. The average Bonchev–Trinajstić information content (AvgIpc) is 2.66. The molecule has 0 saturated heterocycles. The molecule has 1 amide bonds. The predicted molar refractivity (Wildman–Crippen MR) is 102 cm³/mol. The number of benzene rings is 2. The highest BCUT2D eigenvalue weighted by molar-refractivity contribution is 5.92. The fourth-order valence-electron chi connectivity index (χ4n) is 2.55. The molecule has 8 nitrogen and oxygen atoms in total. The Morgan fingerprint density at radius 3 is 2.37 bits per heavy atom. The van der Waals surface area contributed by atoms with Crippen molar-refractivity contribution >= 4 is 17.3 Å². The SMILES string of the molecule is COc1ccc(CCN(C)CC(=O)Nc2ccc([N+](=O)[O-])cc2)cc1OC. The Morgan fingerprint density at radius 1 is 1.11 bits per heavy atom. The van der Waals surface area contributed by atoms with E-state index in [0.717, 1.165) is 12.0 Å². The number of methoxy groups -OCH3 is 2. The molecule has 0 aromatic heterocycles. The Morgan fingerprint density at radius 2 is 1.78 bits per heavy atom. The predicted octanol–water partition coefficient (Wildman–Crippen LogP) is 2.73. The minimum absolute atomic E-state index is 0.0139. The van der Waals surface area contributed by atoms with E-state index in [9.17, 15) is 14.9 Å². The first-order chi connectivity index (χ1) is 12.9. The number of nitrogens with zero attached hydrogens (tertiary/aromatic N) is 2. The second-order valence-electron chi connectivity index (χ2n) is 6.03. The van der Waals surface area contributed by atoms with Crippen LogP contribution in [0.4, 0.5) is 11.4 Å². The molecule has 144 valence electrons. The molecule has 0 fully saturated rings. The fourth-order valence-corrected chi connectivity index (χ4v) is 2.55. The lowest BCUT2D eigenvalue weighted by atomic mass is 10.1. The van der Waals surface area contributed by atoms with E-state index in [2.05, 4.69) is 5.32 Å². The van der Waals surface area contributed by atoms with Gasteiger partial charge in [-0.15, -0.1) is 0 Å². The first-order valence-corrected chi connectivity index (χ1v) is 8.36. The van der Waals surface area contributed by atoms with Gasteiger partial charge in [-0.1, -0.05) is 6.07 Å². The number of amides is 1. The molecule has 1 N–H and O–H groups in total. The van der Waals surface area contributed by atoms with E-state index in [-0.39, 0.29) is 18.1 Å². The third kappa shape index (κ3) is 5.96. The van der Waals surface area contributed by atoms with Gasteiger partial charge in [0.1, 0.15) is 0 Å². The molecule has 2 aromatic carbocycles. The second-order valence-corrected chi connectivity index (χ2v) is 6.03. The summed E-state index contributed by atoms with van der Waals surface area (Å²) >= 11 is 0. The van der Waals surface area contributed by atoms with E-state index >= 15 is 0 Å². The normalized spacial score (nSPS) is 10.5. The number of nitro benzene ring substituents is 1. The number of nitro groups is 1. The molecule has 0 heterocycles. The number of rotatable bonds is 9. The summed E-state index contributed by atoms with van der Waals surface area (Å²) in [5.41, 5.74) is 1.59. The van der Waals surface area contributed by atoms with E-state index in [0.29, 0.717) is 23.7 Å². The quantitative estimate of drug-likeness (QED) is 0.536. The zero-order valence-corrected chi connectivity index (χ0v) is 15.6. The number of carbonyl (C=O) groups excluding carboxylic acids is 1. The number of nitrogens with one attached hydrogen (secondary N) is 1. The van der Waals surface area contributed by atoms with Crippen molar-refractivity contribution in [1.82, 2.24) is 4.90 Å². The molecule has 0 atom stereocenters. The number of hydrogen-bond donors (Lipinski definition) is 1. The molecular weight excluding hydrogens is 350 g/mol. The summed E-state index contributed by atoms with van der Waals surface area (Å²) in [6.07, 6.45) is 0.752. The van der Waals surface area contributed by atoms with Gasteiger partial charge in [0.15, 0.2) is 11.5 Å². The van der Waals surface area contributed by atoms with E-state index in [1.807, 2.05) is 30.1 Å². The van der Waals surface area contributed by atoms with Gasteiger partial charge in [0.2, 0.25) is 5.91 Å². The maximum atomic E-state index is 12.1. The summed E-state index contributed by atoms with van der Waals surface area (Å²) in [5, 5.41) is 13.4. The lowest BCUT2D eigenvalue weighted by Crippen LogP contribution is -2.31. The van der Waals surface area contributed by atoms with Crippen molar-refractivity contribution in [3.05, 3.63) is 58.1 Å². The number of non-ortho nitro benzene ring substituents is 1. The van der Waals surface area contributed by atoms with Crippen LogP contribution >= 0.6 is 0 Å². The summed E-state index contributed by atoms with van der Waals surface area (Å²) in [6.45, 7) is 0.896. The lowest BCUT2D eigenvalue weighted by molar-refractivity contribution is -0.384. The molecule has 2 aromatic rings. The van der Waals surface area contributed by atoms with Gasteiger partial charge in [0, 0.05) is 24.4 Å². The summed E-state index contributed by atoms with van der Waals surface area (Å²) in [7, 11) is 5.04. The number of ether oxygens (including phenoxy) is 2. The third-order valence-electron chi connectivity index (χ3n) is 4.01. The van der Waals surface area contributed by atoms with E-state index in [1.54, 1.807) is 14.2 Å². The number of carbonyl (C=O) groups is 1. The summed E-state index contributed by atoms with van der Waals surface area (Å²) in [4.78, 5) is 24.2. The van der Waals surface area contributed by atoms with Crippen molar-refractivity contribution in [3.63, 3.8) is 0 Å². The van der Waals surface area contributed by atoms with Crippen LogP contribution in [0.5, 0.6) is 11.5 Å². The molecule has 0 aliphatic heterocycles. The van der Waals surface area contributed by atoms with Crippen LogP contribution in [-0.2, 0) is 11.2 Å². The van der Waals surface area contributed by atoms with Crippen LogP contribution in [0.1, 0.15) is 5.56 Å². The van der Waals surface area contributed by atoms with Crippen LogP contribution < -0.4 is 14.8 Å². The van der Waals surface area contributed by atoms with Crippen LogP contribution in [0.3, 0.4) is 0 Å². The molecule has 27 heavy (non-hydrogen) atoms. The Balaban J connectivity index is 1.83. The van der Waals surface area contributed by atoms with Crippen LogP contribution in [-0.4, -0.2) is 50.1 Å². The Labute approximate surface area is 157 Å². The fraction of sp³-hybridized carbons (Fsp3) is 0.316. The highest BCUT2D eigenvalue weighted by Gasteiger charge is 2.10. The molecule has 0 aliphatic rings. The summed E-state index contributed by atoms with van der Waals surface area (Å²) in [5.74, 6) is 1.17. The molecular formula is C19H23N3O5. The molecule has 0 spiro atoms. The van der Waals surface area contributed by atoms with Crippen LogP contribution in [0.15, 0.2) is 42.5 Å². The largest absolute Gasteiger partial charge is 0.493 e. The molecule has 0 radical (unpaired) electrons. The van der Waals surface area contributed by atoms with E-state index < -0.39 is 4.92 Å². The Hall–Kier alpha value is -3.13. The molecule has 0 bridgehead atoms. The highest BCUT2D eigenvalue weighted by Crippen LogP contribution is 2.27. The highest BCUT2D eigenvalue weighted by atomic mass is 16.6. The molecule has 8 heteroatoms. The summed E-state index contributed by atoms with van der Waals surface area (Å²) in [6, 6.07) is 11.5. The molecule has 2 rings (SSSR count).